The lowest BCUT2D eigenvalue weighted by molar-refractivity contribution is 0.0272. The summed E-state index contributed by atoms with van der Waals surface area (Å²) in [4.78, 5) is 4.02. The van der Waals surface area contributed by atoms with Crippen molar-refractivity contribution in [3.63, 3.8) is 0 Å². The maximum atomic E-state index is 5.62. The maximum Gasteiger partial charge on any atom is 0.0961 e. The molecule has 0 aliphatic carbocycles. The van der Waals surface area contributed by atoms with Gasteiger partial charge in [0.05, 0.1) is 12.7 Å². The molecule has 1 unspecified atom stereocenters. The molecule has 0 radical (unpaired) electrons. The molecule has 0 amide bonds. The van der Waals surface area contributed by atoms with Crippen LogP contribution in [0.5, 0.6) is 0 Å². The molecule has 3 nitrogen and oxygen atoms in total. The van der Waals surface area contributed by atoms with Crippen LogP contribution in [-0.4, -0.2) is 24.7 Å². The Labute approximate surface area is 85.6 Å². The van der Waals surface area contributed by atoms with Crippen LogP contribution in [0.3, 0.4) is 0 Å². The Kier molecular flexibility index (Phi) is 2.93. The van der Waals surface area contributed by atoms with Gasteiger partial charge >= 0.3 is 0 Å². The molecule has 2 rings (SSSR count). The summed E-state index contributed by atoms with van der Waals surface area (Å²) in [6.45, 7) is 2.60. The molecular weight excluding hydrogens is 232 g/mol. The van der Waals surface area contributed by atoms with E-state index in [1.165, 1.54) is 5.56 Å². The molecule has 0 saturated carbocycles. The van der Waals surface area contributed by atoms with Crippen molar-refractivity contribution in [1.29, 1.82) is 0 Å². The van der Waals surface area contributed by atoms with Crippen LogP contribution in [0, 0.1) is 0 Å². The molecule has 1 aromatic rings. The number of nitrogens with one attached hydrogen (secondary N) is 1. The van der Waals surface area contributed by atoms with Gasteiger partial charge in [0.1, 0.15) is 0 Å². The fourth-order valence-electron chi connectivity index (χ4n) is 1.41. The standard InChI is InChI=1S/C9H11BrN2O/c10-8-5-11-2-1-7(8)9-6-12-3-4-13-9/h1-2,5,9,12H,3-4,6H2. The van der Waals surface area contributed by atoms with E-state index in [0.717, 1.165) is 24.2 Å². The normalized spacial score (nSPS) is 23.0. The Hall–Kier alpha value is -0.450. The van der Waals surface area contributed by atoms with Crippen LogP contribution in [0.15, 0.2) is 22.9 Å². The highest BCUT2D eigenvalue weighted by molar-refractivity contribution is 9.10. The highest BCUT2D eigenvalue weighted by Gasteiger charge is 2.17. The number of rotatable bonds is 1. The first-order valence-corrected chi connectivity index (χ1v) is 5.09. The van der Waals surface area contributed by atoms with E-state index in [2.05, 4.69) is 26.2 Å². The molecule has 1 aliphatic heterocycles. The van der Waals surface area contributed by atoms with Crippen LogP contribution in [-0.2, 0) is 4.74 Å². The second-order valence-electron chi connectivity index (χ2n) is 2.96. The zero-order valence-corrected chi connectivity index (χ0v) is 8.75. The molecule has 1 aliphatic rings. The second-order valence-corrected chi connectivity index (χ2v) is 3.82. The quantitative estimate of drug-likeness (QED) is 0.811. The van der Waals surface area contributed by atoms with Gasteiger partial charge in [-0.1, -0.05) is 0 Å². The highest BCUT2D eigenvalue weighted by Crippen LogP contribution is 2.25. The average molecular weight is 243 g/mol. The van der Waals surface area contributed by atoms with Gasteiger partial charge in [0.25, 0.3) is 0 Å². The van der Waals surface area contributed by atoms with Gasteiger partial charge in [0.2, 0.25) is 0 Å². The number of halogens is 1. The number of hydrogen-bond acceptors (Lipinski definition) is 3. The number of nitrogens with zero attached hydrogens (tertiary/aromatic N) is 1. The minimum absolute atomic E-state index is 0.158. The van der Waals surface area contributed by atoms with Crippen LogP contribution in [0.1, 0.15) is 11.7 Å². The minimum Gasteiger partial charge on any atom is -0.371 e. The molecule has 1 saturated heterocycles. The molecule has 0 bridgehead atoms. The van der Waals surface area contributed by atoms with E-state index >= 15 is 0 Å². The minimum atomic E-state index is 0.158. The predicted molar refractivity (Wildman–Crippen MR) is 53.5 cm³/mol. The summed E-state index contributed by atoms with van der Waals surface area (Å²) in [7, 11) is 0. The zero-order valence-electron chi connectivity index (χ0n) is 7.16. The van der Waals surface area contributed by atoms with Crippen molar-refractivity contribution in [1.82, 2.24) is 10.3 Å². The van der Waals surface area contributed by atoms with E-state index in [9.17, 15) is 0 Å². The molecule has 1 aromatic heterocycles. The Balaban J connectivity index is 2.18. The smallest absolute Gasteiger partial charge is 0.0961 e. The van der Waals surface area contributed by atoms with Crippen molar-refractivity contribution in [3.05, 3.63) is 28.5 Å². The molecule has 2 heterocycles. The van der Waals surface area contributed by atoms with Crippen LogP contribution >= 0.6 is 15.9 Å². The Bertz CT molecular complexity index is 287. The molecule has 70 valence electrons. The lowest BCUT2D eigenvalue weighted by Gasteiger charge is -2.24. The van der Waals surface area contributed by atoms with Crippen LogP contribution in [0.2, 0.25) is 0 Å². The summed E-state index contributed by atoms with van der Waals surface area (Å²) >= 11 is 3.46. The molecule has 1 atom stereocenters. The summed E-state index contributed by atoms with van der Waals surface area (Å²) < 4.78 is 6.64. The monoisotopic (exact) mass is 242 g/mol. The van der Waals surface area contributed by atoms with E-state index in [1.54, 1.807) is 12.4 Å². The van der Waals surface area contributed by atoms with Crippen molar-refractivity contribution < 1.29 is 4.74 Å². The Morgan fingerprint density at radius 2 is 2.54 bits per heavy atom. The molecule has 4 heteroatoms. The van der Waals surface area contributed by atoms with Gasteiger partial charge < -0.3 is 10.1 Å². The third kappa shape index (κ3) is 2.07. The fourth-order valence-corrected chi connectivity index (χ4v) is 1.92. The van der Waals surface area contributed by atoms with Crippen molar-refractivity contribution in [2.75, 3.05) is 19.7 Å². The number of morpholine rings is 1. The Morgan fingerprint density at radius 3 is 3.23 bits per heavy atom. The lowest BCUT2D eigenvalue weighted by atomic mass is 10.1. The van der Waals surface area contributed by atoms with Crippen molar-refractivity contribution in [2.24, 2.45) is 0 Å². The van der Waals surface area contributed by atoms with Gasteiger partial charge in [0.15, 0.2) is 0 Å². The second kappa shape index (κ2) is 4.17. The topological polar surface area (TPSA) is 34.2 Å². The van der Waals surface area contributed by atoms with Gasteiger partial charge in [-0.05, 0) is 27.6 Å². The largest absolute Gasteiger partial charge is 0.371 e. The number of pyridine rings is 1. The summed E-state index contributed by atoms with van der Waals surface area (Å²) in [5.74, 6) is 0. The number of aromatic nitrogens is 1. The van der Waals surface area contributed by atoms with E-state index in [1.807, 2.05) is 6.07 Å². The van der Waals surface area contributed by atoms with Gasteiger partial charge in [-0.2, -0.15) is 0 Å². The average Bonchev–Trinajstić information content (AvgIpc) is 2.20. The first kappa shape index (κ1) is 9.12. The van der Waals surface area contributed by atoms with Crippen molar-refractivity contribution >= 4 is 15.9 Å². The first-order chi connectivity index (χ1) is 6.38. The SMILES string of the molecule is Brc1cnccc1C1CNCCO1. The van der Waals surface area contributed by atoms with Gasteiger partial charge in [-0.25, -0.2) is 0 Å². The van der Waals surface area contributed by atoms with Gasteiger partial charge in [-0.15, -0.1) is 0 Å². The number of hydrogen-bond donors (Lipinski definition) is 1. The third-order valence-electron chi connectivity index (χ3n) is 2.08. The Morgan fingerprint density at radius 1 is 1.62 bits per heavy atom. The zero-order chi connectivity index (χ0) is 9.10. The molecular formula is C9H11BrN2O. The fraction of sp³-hybridized carbons (Fsp3) is 0.444. The first-order valence-electron chi connectivity index (χ1n) is 4.29. The van der Waals surface area contributed by atoms with E-state index in [-0.39, 0.29) is 6.10 Å². The number of ether oxygens (including phenoxy) is 1. The van der Waals surface area contributed by atoms with Crippen molar-refractivity contribution in [3.8, 4) is 0 Å². The molecule has 0 spiro atoms. The summed E-state index contributed by atoms with van der Waals surface area (Å²) in [5.41, 5.74) is 1.17. The molecule has 13 heavy (non-hydrogen) atoms. The van der Waals surface area contributed by atoms with Gasteiger partial charge in [0, 0.05) is 30.0 Å². The van der Waals surface area contributed by atoms with E-state index in [4.69, 9.17) is 4.74 Å². The summed E-state index contributed by atoms with van der Waals surface area (Å²) in [5, 5.41) is 3.29. The van der Waals surface area contributed by atoms with Crippen LogP contribution in [0.25, 0.3) is 0 Å². The third-order valence-corrected chi connectivity index (χ3v) is 2.74. The molecule has 0 aromatic carbocycles. The molecule has 1 N–H and O–H groups in total. The summed E-state index contributed by atoms with van der Waals surface area (Å²) in [6.07, 6.45) is 3.75. The van der Waals surface area contributed by atoms with Crippen LogP contribution in [0.4, 0.5) is 0 Å². The summed E-state index contributed by atoms with van der Waals surface area (Å²) in [6, 6.07) is 1.99. The molecule has 1 fully saturated rings. The maximum absolute atomic E-state index is 5.62. The van der Waals surface area contributed by atoms with Gasteiger partial charge in [-0.3, -0.25) is 4.98 Å². The lowest BCUT2D eigenvalue weighted by Crippen LogP contribution is -2.33. The van der Waals surface area contributed by atoms with E-state index < -0.39 is 0 Å². The van der Waals surface area contributed by atoms with Crippen molar-refractivity contribution in [2.45, 2.75) is 6.10 Å². The van der Waals surface area contributed by atoms with Crippen LogP contribution < -0.4 is 5.32 Å². The van der Waals surface area contributed by atoms with E-state index in [0.29, 0.717) is 0 Å². The highest BCUT2D eigenvalue weighted by atomic mass is 79.9. The predicted octanol–water partition coefficient (Wildman–Crippen LogP) is 1.50.